The van der Waals surface area contributed by atoms with E-state index in [1.807, 2.05) is 0 Å². The third kappa shape index (κ3) is 8.62. The van der Waals surface area contributed by atoms with Gasteiger partial charge in [-0.05, 0) is 12.3 Å². The predicted octanol–water partition coefficient (Wildman–Crippen LogP) is 1.57. The number of rotatable bonds is 8. The molecule has 0 aliphatic rings. The van der Waals surface area contributed by atoms with E-state index in [4.69, 9.17) is 9.66 Å². The molecule has 0 saturated carbocycles. The summed E-state index contributed by atoms with van der Waals surface area (Å²) in [5.41, 5.74) is 0. The van der Waals surface area contributed by atoms with E-state index in [1.54, 1.807) is 0 Å². The molecule has 2 N–H and O–H groups in total. The Bertz CT molecular complexity index is 161. The van der Waals surface area contributed by atoms with Gasteiger partial charge in [0.15, 0.2) is 0 Å². The van der Waals surface area contributed by atoms with E-state index >= 15 is 0 Å². The highest BCUT2D eigenvalue weighted by atomic mass is 32.2. The molecule has 4 nitrogen and oxygen atoms in total. The van der Waals surface area contributed by atoms with E-state index in [0.717, 1.165) is 19.3 Å². The molecule has 0 bridgehead atoms. The second kappa shape index (κ2) is 8.35. The van der Waals surface area contributed by atoms with Crippen molar-refractivity contribution in [2.75, 3.05) is 13.2 Å². The lowest BCUT2D eigenvalue weighted by molar-refractivity contribution is 0.154. The molecular weight excluding hydrogens is 204 g/mol. The Morgan fingerprint density at radius 2 is 2.00 bits per heavy atom. The predicted molar refractivity (Wildman–Crippen MR) is 56.0 cm³/mol. The van der Waals surface area contributed by atoms with Crippen LogP contribution in [0.15, 0.2) is 0 Å². The van der Waals surface area contributed by atoms with E-state index in [0.29, 0.717) is 5.92 Å². The molecular formula is C9H20O4S. The van der Waals surface area contributed by atoms with Crippen molar-refractivity contribution in [3.63, 3.8) is 0 Å². The van der Waals surface area contributed by atoms with Crippen LogP contribution >= 0.6 is 0 Å². The van der Waals surface area contributed by atoms with Crippen molar-refractivity contribution >= 4 is 11.4 Å². The van der Waals surface area contributed by atoms with Crippen LogP contribution in [0.25, 0.3) is 0 Å². The van der Waals surface area contributed by atoms with E-state index < -0.39 is 11.4 Å². The fraction of sp³-hybridized carbons (Fsp3) is 1.00. The molecule has 0 amide bonds. The zero-order valence-electron chi connectivity index (χ0n) is 8.81. The van der Waals surface area contributed by atoms with Gasteiger partial charge in [-0.3, -0.25) is 8.74 Å². The fourth-order valence-electron chi connectivity index (χ4n) is 1.20. The Morgan fingerprint density at radius 3 is 2.43 bits per heavy atom. The second-order valence-corrected chi connectivity index (χ2v) is 4.54. The monoisotopic (exact) mass is 224 g/mol. The van der Waals surface area contributed by atoms with Crippen molar-refractivity contribution in [1.29, 1.82) is 0 Å². The molecule has 0 aromatic rings. The molecule has 2 unspecified atom stereocenters. The van der Waals surface area contributed by atoms with Gasteiger partial charge in [0.1, 0.15) is 0 Å². The summed E-state index contributed by atoms with van der Waals surface area (Å²) in [5.74, 6) is 0.632. The van der Waals surface area contributed by atoms with Crippen LogP contribution in [0.4, 0.5) is 0 Å². The molecule has 0 aromatic carbocycles. The SMILES string of the molecule is CC(C)CCCC(CO)COS(=O)O. The van der Waals surface area contributed by atoms with Gasteiger partial charge in [-0.2, -0.15) is 4.21 Å². The highest BCUT2D eigenvalue weighted by Crippen LogP contribution is 2.12. The van der Waals surface area contributed by atoms with Gasteiger partial charge in [-0.1, -0.05) is 26.7 Å². The Balaban J connectivity index is 3.52. The molecule has 0 radical (unpaired) electrons. The maximum Gasteiger partial charge on any atom is 0.301 e. The maximum atomic E-state index is 10.2. The molecule has 0 aliphatic heterocycles. The first kappa shape index (κ1) is 14.0. The van der Waals surface area contributed by atoms with Gasteiger partial charge in [-0.15, -0.1) is 0 Å². The Morgan fingerprint density at radius 1 is 1.36 bits per heavy atom. The summed E-state index contributed by atoms with van der Waals surface area (Å²) in [6.45, 7) is 4.45. The molecule has 0 aliphatic carbocycles. The van der Waals surface area contributed by atoms with E-state index in [9.17, 15) is 4.21 Å². The molecule has 5 heteroatoms. The van der Waals surface area contributed by atoms with Gasteiger partial charge in [0.2, 0.25) is 0 Å². The third-order valence-electron chi connectivity index (χ3n) is 2.06. The summed E-state index contributed by atoms with van der Waals surface area (Å²) < 4.78 is 23.1. The Kier molecular flexibility index (Phi) is 8.37. The Hall–Kier alpha value is 0.0300. The van der Waals surface area contributed by atoms with Gasteiger partial charge in [-0.25, -0.2) is 0 Å². The zero-order valence-corrected chi connectivity index (χ0v) is 9.63. The fourth-order valence-corrected chi connectivity index (χ4v) is 1.51. The van der Waals surface area contributed by atoms with Crippen molar-refractivity contribution < 1.29 is 18.1 Å². The van der Waals surface area contributed by atoms with Crippen LogP contribution in [-0.4, -0.2) is 27.1 Å². The van der Waals surface area contributed by atoms with Crippen LogP contribution in [0.3, 0.4) is 0 Å². The molecule has 14 heavy (non-hydrogen) atoms. The molecule has 0 rings (SSSR count). The normalized spacial score (nSPS) is 15.8. The lowest BCUT2D eigenvalue weighted by atomic mass is 10.00. The number of hydrogen-bond donors (Lipinski definition) is 2. The van der Waals surface area contributed by atoms with Crippen LogP contribution in [0.1, 0.15) is 33.1 Å². The van der Waals surface area contributed by atoms with E-state index in [2.05, 4.69) is 18.0 Å². The quantitative estimate of drug-likeness (QED) is 0.614. The number of hydrogen-bond acceptors (Lipinski definition) is 3. The van der Waals surface area contributed by atoms with Gasteiger partial charge in [0, 0.05) is 12.5 Å². The van der Waals surface area contributed by atoms with Gasteiger partial charge in [0.05, 0.1) is 6.61 Å². The first-order chi connectivity index (χ1) is 6.56. The van der Waals surface area contributed by atoms with Crippen molar-refractivity contribution in [3.05, 3.63) is 0 Å². The summed E-state index contributed by atoms with van der Waals surface area (Å²) in [4.78, 5) is 0. The minimum atomic E-state index is -2.21. The standard InChI is InChI=1S/C9H20O4S/c1-8(2)4-3-5-9(6-10)7-13-14(11)12/h8-10H,3-7H2,1-2H3,(H,11,12). The first-order valence-corrected chi connectivity index (χ1v) is 5.94. The molecule has 2 atom stereocenters. The van der Waals surface area contributed by atoms with Crippen molar-refractivity contribution in [1.82, 2.24) is 0 Å². The van der Waals surface area contributed by atoms with Gasteiger partial charge < -0.3 is 5.11 Å². The number of aliphatic hydroxyl groups excluding tert-OH is 1. The topological polar surface area (TPSA) is 66.8 Å². The average Bonchev–Trinajstić information content (AvgIpc) is 2.10. The minimum Gasteiger partial charge on any atom is -0.396 e. The number of aliphatic hydroxyl groups is 1. The van der Waals surface area contributed by atoms with Crippen molar-refractivity contribution in [2.45, 2.75) is 33.1 Å². The van der Waals surface area contributed by atoms with Gasteiger partial charge >= 0.3 is 11.4 Å². The van der Waals surface area contributed by atoms with Gasteiger partial charge in [0.25, 0.3) is 0 Å². The molecule has 0 fully saturated rings. The summed E-state index contributed by atoms with van der Waals surface area (Å²) in [6.07, 6.45) is 2.97. The third-order valence-corrected chi connectivity index (χ3v) is 2.39. The highest BCUT2D eigenvalue weighted by Gasteiger charge is 2.09. The van der Waals surface area contributed by atoms with Crippen molar-refractivity contribution in [3.8, 4) is 0 Å². The largest absolute Gasteiger partial charge is 0.396 e. The molecule has 0 spiro atoms. The van der Waals surface area contributed by atoms with Crippen LogP contribution in [-0.2, 0) is 15.5 Å². The molecule has 0 saturated heterocycles. The molecule has 0 heterocycles. The molecule has 86 valence electrons. The van der Waals surface area contributed by atoms with Crippen LogP contribution in [0.5, 0.6) is 0 Å². The maximum absolute atomic E-state index is 10.2. The van der Waals surface area contributed by atoms with E-state index in [-0.39, 0.29) is 19.1 Å². The summed E-state index contributed by atoms with van der Waals surface area (Å²) in [7, 11) is 0. The lowest BCUT2D eigenvalue weighted by Crippen LogP contribution is -2.15. The van der Waals surface area contributed by atoms with Crippen molar-refractivity contribution in [2.24, 2.45) is 11.8 Å². The summed E-state index contributed by atoms with van der Waals surface area (Å²) in [5, 5.41) is 8.94. The molecule has 0 aromatic heterocycles. The Labute approximate surface area is 88.2 Å². The summed E-state index contributed by atoms with van der Waals surface area (Å²) >= 11 is -2.21. The minimum absolute atomic E-state index is 0.00922. The van der Waals surface area contributed by atoms with Crippen LogP contribution in [0, 0.1) is 11.8 Å². The zero-order chi connectivity index (χ0) is 11.0. The highest BCUT2D eigenvalue weighted by molar-refractivity contribution is 7.74. The average molecular weight is 224 g/mol. The van der Waals surface area contributed by atoms with E-state index in [1.165, 1.54) is 0 Å². The second-order valence-electron chi connectivity index (χ2n) is 3.87. The smallest absolute Gasteiger partial charge is 0.301 e. The van der Waals surface area contributed by atoms with Crippen LogP contribution in [0.2, 0.25) is 0 Å². The summed E-state index contributed by atoms with van der Waals surface area (Å²) in [6, 6.07) is 0. The first-order valence-electron chi connectivity index (χ1n) is 4.91. The lowest BCUT2D eigenvalue weighted by Gasteiger charge is -2.13. The van der Waals surface area contributed by atoms with Crippen LogP contribution < -0.4 is 0 Å².